The van der Waals surface area contributed by atoms with E-state index in [0.29, 0.717) is 19.4 Å². The fourth-order valence-electron chi connectivity index (χ4n) is 2.15. The van der Waals surface area contributed by atoms with Gasteiger partial charge in [0.15, 0.2) is 5.84 Å². The quantitative estimate of drug-likeness (QED) is 0.202. The minimum atomic E-state index is -0.754. The molecule has 18 heavy (non-hydrogen) atoms. The van der Waals surface area contributed by atoms with Gasteiger partial charge in [-0.05, 0) is 46.3 Å². The number of amidine groups is 1. The van der Waals surface area contributed by atoms with Gasteiger partial charge in [-0.1, -0.05) is 11.6 Å². The smallest absolute Gasteiger partial charge is 0.233 e. The molecule has 0 unspecified atom stereocenters. The van der Waals surface area contributed by atoms with E-state index in [0.717, 1.165) is 25.8 Å². The highest BCUT2D eigenvalue weighted by Crippen LogP contribution is 2.41. The molecule has 6 heteroatoms. The number of nitrogens with one attached hydrogen (secondary N) is 1. The lowest BCUT2D eigenvalue weighted by molar-refractivity contribution is -0.131. The van der Waals surface area contributed by atoms with Crippen molar-refractivity contribution in [2.45, 2.75) is 32.1 Å². The normalized spacial score (nSPS) is 18.5. The summed E-state index contributed by atoms with van der Waals surface area (Å²) in [7, 11) is 4.06. The topological polar surface area (TPSA) is 91.0 Å². The molecule has 104 valence electrons. The Morgan fingerprint density at radius 2 is 2.11 bits per heavy atom. The predicted octanol–water partition coefficient (Wildman–Crippen LogP) is 0.361. The van der Waals surface area contributed by atoms with E-state index in [1.54, 1.807) is 0 Å². The zero-order valence-electron chi connectivity index (χ0n) is 11.3. The van der Waals surface area contributed by atoms with Gasteiger partial charge < -0.3 is 21.2 Å². The average molecular weight is 256 g/mol. The Balaban J connectivity index is 2.31. The molecule has 0 aromatic heterocycles. The highest BCUT2D eigenvalue weighted by molar-refractivity contribution is 6.07. The molecule has 1 fully saturated rings. The molecule has 0 heterocycles. The first kappa shape index (κ1) is 14.8. The number of unbranched alkanes of at least 4 members (excludes halogenated alkanes) is 1. The molecule has 0 aromatic carbocycles. The Bertz CT molecular complexity index is 311. The van der Waals surface area contributed by atoms with Gasteiger partial charge in [-0.2, -0.15) is 0 Å². The van der Waals surface area contributed by atoms with Crippen LogP contribution in [0.4, 0.5) is 0 Å². The summed E-state index contributed by atoms with van der Waals surface area (Å²) in [5.41, 5.74) is 4.86. The lowest BCUT2D eigenvalue weighted by atomic mass is 9.67. The molecule has 0 aromatic rings. The summed E-state index contributed by atoms with van der Waals surface area (Å²) in [6.45, 7) is 1.66. The number of rotatable bonds is 7. The van der Waals surface area contributed by atoms with E-state index in [9.17, 15) is 4.79 Å². The lowest BCUT2D eigenvalue weighted by Crippen LogP contribution is -2.54. The summed E-state index contributed by atoms with van der Waals surface area (Å²) in [5.74, 6) is -0.0616. The van der Waals surface area contributed by atoms with Crippen molar-refractivity contribution in [3.05, 3.63) is 0 Å². The van der Waals surface area contributed by atoms with Crippen LogP contribution in [0.2, 0.25) is 0 Å². The molecule has 0 saturated heterocycles. The molecular weight excluding hydrogens is 232 g/mol. The molecule has 4 N–H and O–H groups in total. The van der Waals surface area contributed by atoms with Crippen LogP contribution >= 0.6 is 0 Å². The molecule has 1 aliphatic carbocycles. The first-order chi connectivity index (χ1) is 8.53. The summed E-state index contributed by atoms with van der Waals surface area (Å²) >= 11 is 0. The average Bonchev–Trinajstić information content (AvgIpc) is 2.26. The van der Waals surface area contributed by atoms with Gasteiger partial charge in [-0.3, -0.25) is 4.79 Å². The number of nitrogens with two attached hydrogens (primary N) is 1. The maximum Gasteiger partial charge on any atom is 0.233 e. The number of nitrogens with zero attached hydrogens (tertiary/aromatic N) is 2. The second kappa shape index (κ2) is 6.58. The zero-order chi connectivity index (χ0) is 13.6. The summed E-state index contributed by atoms with van der Waals surface area (Å²) in [6, 6.07) is 0. The predicted molar refractivity (Wildman–Crippen MR) is 70.5 cm³/mol. The SMILES string of the molecule is CN(C)CCCCNC(=O)C1(C(N)=NO)CCC1. The number of carbonyl (C=O) groups excluding carboxylic acids is 1. The molecule has 0 atom stereocenters. The zero-order valence-corrected chi connectivity index (χ0v) is 11.3. The largest absolute Gasteiger partial charge is 0.409 e. The molecule has 6 nitrogen and oxygen atoms in total. The van der Waals surface area contributed by atoms with Crippen LogP contribution in [0.1, 0.15) is 32.1 Å². The van der Waals surface area contributed by atoms with E-state index in [4.69, 9.17) is 10.9 Å². The summed E-state index contributed by atoms with van der Waals surface area (Å²) in [5, 5.41) is 14.6. The number of oxime groups is 1. The van der Waals surface area contributed by atoms with Crippen molar-refractivity contribution in [2.75, 3.05) is 27.2 Å². The van der Waals surface area contributed by atoms with Crippen molar-refractivity contribution in [3.8, 4) is 0 Å². The second-order valence-corrected chi connectivity index (χ2v) is 5.19. The van der Waals surface area contributed by atoms with Crippen LogP contribution < -0.4 is 11.1 Å². The van der Waals surface area contributed by atoms with Crippen molar-refractivity contribution < 1.29 is 10.0 Å². The van der Waals surface area contributed by atoms with Crippen LogP contribution in [0.15, 0.2) is 5.16 Å². The fraction of sp³-hybridized carbons (Fsp3) is 0.833. The van der Waals surface area contributed by atoms with Gasteiger partial charge in [0.2, 0.25) is 5.91 Å². The molecule has 0 spiro atoms. The van der Waals surface area contributed by atoms with Crippen molar-refractivity contribution in [1.82, 2.24) is 10.2 Å². The molecule has 0 aliphatic heterocycles. The Hall–Kier alpha value is -1.30. The van der Waals surface area contributed by atoms with Crippen LogP contribution in [0.25, 0.3) is 0 Å². The highest BCUT2D eigenvalue weighted by atomic mass is 16.4. The van der Waals surface area contributed by atoms with E-state index in [1.165, 1.54) is 0 Å². The van der Waals surface area contributed by atoms with Gasteiger partial charge in [-0.25, -0.2) is 0 Å². The number of carbonyl (C=O) groups is 1. The Kier molecular flexibility index (Phi) is 5.40. The van der Waals surface area contributed by atoms with Gasteiger partial charge in [-0.15, -0.1) is 0 Å². The lowest BCUT2D eigenvalue weighted by Gasteiger charge is -2.38. The van der Waals surface area contributed by atoms with Crippen LogP contribution in [0.3, 0.4) is 0 Å². The van der Waals surface area contributed by atoms with Gasteiger partial charge >= 0.3 is 0 Å². The first-order valence-corrected chi connectivity index (χ1v) is 6.44. The molecule has 1 aliphatic rings. The van der Waals surface area contributed by atoms with Gasteiger partial charge in [0.05, 0.1) is 0 Å². The number of hydrogen-bond donors (Lipinski definition) is 3. The van der Waals surface area contributed by atoms with E-state index >= 15 is 0 Å². The van der Waals surface area contributed by atoms with Crippen LogP contribution in [-0.4, -0.2) is 49.0 Å². The maximum atomic E-state index is 12.1. The highest BCUT2D eigenvalue weighted by Gasteiger charge is 2.48. The molecule has 1 saturated carbocycles. The summed E-state index contributed by atoms with van der Waals surface area (Å²) in [4.78, 5) is 14.2. The standard InChI is InChI=1S/C12H24N4O2/c1-16(2)9-4-3-8-14-11(17)12(6-5-7-12)10(13)15-18/h18H,3-9H2,1-2H3,(H2,13,15)(H,14,17). The van der Waals surface area contributed by atoms with E-state index in [2.05, 4.69) is 15.4 Å². The Morgan fingerprint density at radius 3 is 2.56 bits per heavy atom. The molecular formula is C12H24N4O2. The molecule has 1 amide bonds. The van der Waals surface area contributed by atoms with E-state index in [1.807, 2.05) is 14.1 Å². The van der Waals surface area contributed by atoms with E-state index in [-0.39, 0.29) is 11.7 Å². The van der Waals surface area contributed by atoms with Crippen LogP contribution in [0.5, 0.6) is 0 Å². The van der Waals surface area contributed by atoms with Crippen molar-refractivity contribution in [2.24, 2.45) is 16.3 Å². The molecule has 0 radical (unpaired) electrons. The Morgan fingerprint density at radius 1 is 1.44 bits per heavy atom. The van der Waals surface area contributed by atoms with Crippen molar-refractivity contribution in [1.29, 1.82) is 0 Å². The molecule has 0 bridgehead atoms. The van der Waals surface area contributed by atoms with Gasteiger partial charge in [0, 0.05) is 6.54 Å². The Labute approximate surface area is 108 Å². The second-order valence-electron chi connectivity index (χ2n) is 5.19. The minimum absolute atomic E-state index is 0.0412. The third-order valence-electron chi connectivity index (χ3n) is 3.56. The van der Waals surface area contributed by atoms with Crippen LogP contribution in [0, 0.1) is 5.41 Å². The summed E-state index contributed by atoms with van der Waals surface area (Å²) in [6.07, 6.45) is 4.28. The fourth-order valence-corrected chi connectivity index (χ4v) is 2.15. The summed E-state index contributed by atoms with van der Waals surface area (Å²) < 4.78 is 0. The molecule has 1 rings (SSSR count). The van der Waals surface area contributed by atoms with Crippen LogP contribution in [-0.2, 0) is 4.79 Å². The number of hydrogen-bond acceptors (Lipinski definition) is 4. The monoisotopic (exact) mass is 256 g/mol. The van der Waals surface area contributed by atoms with Gasteiger partial charge in [0.1, 0.15) is 5.41 Å². The van der Waals surface area contributed by atoms with E-state index < -0.39 is 5.41 Å². The third kappa shape index (κ3) is 3.35. The van der Waals surface area contributed by atoms with Gasteiger partial charge in [0.25, 0.3) is 0 Å². The van der Waals surface area contributed by atoms with Crippen molar-refractivity contribution >= 4 is 11.7 Å². The van der Waals surface area contributed by atoms with Crippen molar-refractivity contribution in [3.63, 3.8) is 0 Å². The first-order valence-electron chi connectivity index (χ1n) is 6.44. The maximum absolute atomic E-state index is 12.1. The number of amides is 1. The minimum Gasteiger partial charge on any atom is -0.409 e. The third-order valence-corrected chi connectivity index (χ3v) is 3.56.